The lowest BCUT2D eigenvalue weighted by Gasteiger charge is -2.35. The summed E-state index contributed by atoms with van der Waals surface area (Å²) in [4.78, 5) is 0. The minimum atomic E-state index is -1.01. The standard InChI is InChI=1S/C11H23O2/c1-7-11(6,8-2)13-9(3)10(4,5)12/h9H,7-8H2,1-6H3. The molecule has 0 fully saturated rings. The molecule has 0 saturated carbocycles. The van der Waals surface area contributed by atoms with E-state index in [0.29, 0.717) is 0 Å². The van der Waals surface area contributed by atoms with Crippen molar-refractivity contribution in [1.82, 2.24) is 0 Å². The van der Waals surface area contributed by atoms with Crippen LogP contribution in [0, 0.1) is 0 Å². The second-order valence-corrected chi connectivity index (χ2v) is 4.52. The molecule has 1 radical (unpaired) electrons. The predicted octanol–water partition coefficient (Wildman–Crippen LogP) is 3.18. The molecule has 0 saturated heterocycles. The molecule has 0 aliphatic rings. The van der Waals surface area contributed by atoms with Gasteiger partial charge in [-0.25, -0.2) is 5.11 Å². The molecule has 0 aromatic heterocycles. The van der Waals surface area contributed by atoms with Crippen molar-refractivity contribution in [2.75, 3.05) is 0 Å². The largest absolute Gasteiger partial charge is 0.369 e. The van der Waals surface area contributed by atoms with E-state index >= 15 is 0 Å². The van der Waals surface area contributed by atoms with Crippen LogP contribution in [-0.4, -0.2) is 17.3 Å². The Labute approximate surface area is 82.3 Å². The third kappa shape index (κ3) is 4.10. The molecule has 0 amide bonds. The van der Waals surface area contributed by atoms with Crippen molar-refractivity contribution in [2.45, 2.75) is 71.7 Å². The summed E-state index contributed by atoms with van der Waals surface area (Å²) in [7, 11) is 0. The van der Waals surface area contributed by atoms with E-state index in [9.17, 15) is 5.11 Å². The van der Waals surface area contributed by atoms with Crippen LogP contribution in [0.5, 0.6) is 0 Å². The SMILES string of the molecule is CCC(C)(CC)OC(C)C(C)(C)[O]. The zero-order chi connectivity index (χ0) is 10.7. The normalized spacial score (nSPS) is 15.9. The first-order valence-electron chi connectivity index (χ1n) is 5.13. The lowest BCUT2D eigenvalue weighted by atomic mass is 9.97. The maximum Gasteiger partial charge on any atom is 0.124 e. The van der Waals surface area contributed by atoms with Gasteiger partial charge in [-0.15, -0.1) is 0 Å². The summed E-state index contributed by atoms with van der Waals surface area (Å²) in [5.41, 5.74) is -1.15. The summed E-state index contributed by atoms with van der Waals surface area (Å²) in [5.74, 6) is 0. The first-order chi connectivity index (χ1) is 5.75. The van der Waals surface area contributed by atoms with E-state index in [-0.39, 0.29) is 11.7 Å². The average molecular weight is 187 g/mol. The number of ether oxygens (including phenoxy) is 1. The molecule has 0 N–H and O–H groups in total. The Kier molecular flexibility index (Phi) is 4.40. The zero-order valence-corrected chi connectivity index (χ0v) is 9.81. The van der Waals surface area contributed by atoms with Crippen molar-refractivity contribution in [3.8, 4) is 0 Å². The van der Waals surface area contributed by atoms with Gasteiger partial charge in [0.1, 0.15) is 5.60 Å². The highest BCUT2D eigenvalue weighted by atomic mass is 16.5. The fraction of sp³-hybridized carbons (Fsp3) is 1.00. The van der Waals surface area contributed by atoms with Gasteiger partial charge >= 0.3 is 0 Å². The molecule has 0 aliphatic heterocycles. The quantitative estimate of drug-likeness (QED) is 0.650. The maximum absolute atomic E-state index is 11.6. The van der Waals surface area contributed by atoms with Crippen molar-refractivity contribution in [1.29, 1.82) is 0 Å². The van der Waals surface area contributed by atoms with Crippen molar-refractivity contribution < 1.29 is 9.84 Å². The van der Waals surface area contributed by atoms with E-state index in [1.807, 2.05) is 6.92 Å². The smallest absolute Gasteiger partial charge is 0.124 e. The third-order valence-electron chi connectivity index (χ3n) is 2.94. The Hall–Kier alpha value is -0.0800. The Morgan fingerprint density at radius 1 is 1.15 bits per heavy atom. The fourth-order valence-corrected chi connectivity index (χ4v) is 0.985. The Morgan fingerprint density at radius 2 is 1.54 bits per heavy atom. The molecule has 79 valence electrons. The van der Waals surface area contributed by atoms with Gasteiger partial charge in [0.25, 0.3) is 0 Å². The molecule has 1 unspecified atom stereocenters. The Morgan fingerprint density at radius 3 is 1.77 bits per heavy atom. The van der Waals surface area contributed by atoms with Gasteiger partial charge in [0.05, 0.1) is 11.7 Å². The summed E-state index contributed by atoms with van der Waals surface area (Å²) in [6.45, 7) is 11.4. The Balaban J connectivity index is 4.25. The average Bonchev–Trinajstić information content (AvgIpc) is 2.02. The molecule has 13 heavy (non-hydrogen) atoms. The molecule has 0 aromatic carbocycles. The molecule has 2 heteroatoms. The van der Waals surface area contributed by atoms with Crippen LogP contribution in [0.1, 0.15) is 54.4 Å². The highest BCUT2D eigenvalue weighted by Crippen LogP contribution is 2.25. The van der Waals surface area contributed by atoms with Crippen LogP contribution in [0.25, 0.3) is 0 Å². The third-order valence-corrected chi connectivity index (χ3v) is 2.94. The molecule has 2 nitrogen and oxygen atoms in total. The van der Waals surface area contributed by atoms with Gasteiger partial charge in [0.2, 0.25) is 0 Å². The van der Waals surface area contributed by atoms with E-state index in [4.69, 9.17) is 4.74 Å². The highest BCUT2D eigenvalue weighted by molar-refractivity contribution is 4.79. The van der Waals surface area contributed by atoms with Gasteiger partial charge in [-0.1, -0.05) is 13.8 Å². The molecule has 0 heterocycles. The van der Waals surface area contributed by atoms with Gasteiger partial charge < -0.3 is 4.74 Å². The molecule has 0 aromatic rings. The summed E-state index contributed by atoms with van der Waals surface area (Å²) in [6, 6.07) is 0. The minimum absolute atomic E-state index is 0.138. The van der Waals surface area contributed by atoms with Crippen LogP contribution in [0.2, 0.25) is 0 Å². The molecule has 0 spiro atoms. The fourth-order valence-electron chi connectivity index (χ4n) is 0.985. The Bertz CT molecular complexity index is 143. The highest BCUT2D eigenvalue weighted by Gasteiger charge is 2.32. The van der Waals surface area contributed by atoms with Crippen LogP contribution >= 0.6 is 0 Å². The molecule has 0 aliphatic carbocycles. The van der Waals surface area contributed by atoms with Crippen molar-refractivity contribution in [2.24, 2.45) is 0 Å². The van der Waals surface area contributed by atoms with Gasteiger partial charge in [0, 0.05) is 0 Å². The van der Waals surface area contributed by atoms with Crippen molar-refractivity contribution in [3.05, 3.63) is 0 Å². The first-order valence-corrected chi connectivity index (χ1v) is 5.13. The molecule has 0 rings (SSSR count). The van der Waals surface area contributed by atoms with E-state index in [1.54, 1.807) is 13.8 Å². The van der Waals surface area contributed by atoms with Crippen molar-refractivity contribution in [3.63, 3.8) is 0 Å². The zero-order valence-electron chi connectivity index (χ0n) is 9.81. The van der Waals surface area contributed by atoms with E-state index in [0.717, 1.165) is 12.8 Å². The number of rotatable bonds is 5. The van der Waals surface area contributed by atoms with Gasteiger partial charge in [0.15, 0.2) is 0 Å². The minimum Gasteiger partial charge on any atom is -0.369 e. The summed E-state index contributed by atoms with van der Waals surface area (Å²) in [5, 5.41) is 11.6. The van der Waals surface area contributed by atoms with Crippen molar-refractivity contribution >= 4 is 0 Å². The molecular weight excluding hydrogens is 164 g/mol. The van der Waals surface area contributed by atoms with Gasteiger partial charge in [-0.05, 0) is 40.5 Å². The van der Waals surface area contributed by atoms with Crippen LogP contribution < -0.4 is 0 Å². The van der Waals surface area contributed by atoms with Crippen LogP contribution in [0.15, 0.2) is 0 Å². The van der Waals surface area contributed by atoms with Crippen LogP contribution in [0.4, 0.5) is 0 Å². The van der Waals surface area contributed by atoms with E-state index < -0.39 is 5.60 Å². The first kappa shape index (κ1) is 12.9. The van der Waals surface area contributed by atoms with Gasteiger partial charge in [-0.3, -0.25) is 0 Å². The lowest BCUT2D eigenvalue weighted by molar-refractivity contribution is -0.172. The second-order valence-electron chi connectivity index (χ2n) is 4.52. The van der Waals surface area contributed by atoms with E-state index in [2.05, 4.69) is 20.8 Å². The van der Waals surface area contributed by atoms with Crippen LogP contribution in [-0.2, 0) is 9.84 Å². The number of hydrogen-bond donors (Lipinski definition) is 0. The lowest BCUT2D eigenvalue weighted by Crippen LogP contribution is -2.41. The summed E-state index contributed by atoms with van der Waals surface area (Å²) in [6.07, 6.45) is 1.66. The van der Waals surface area contributed by atoms with Gasteiger partial charge in [-0.2, -0.15) is 0 Å². The maximum atomic E-state index is 11.6. The van der Waals surface area contributed by atoms with Crippen LogP contribution in [0.3, 0.4) is 0 Å². The topological polar surface area (TPSA) is 29.1 Å². The molecule has 1 atom stereocenters. The predicted molar refractivity (Wildman–Crippen MR) is 54.3 cm³/mol. The number of hydrogen-bond acceptors (Lipinski definition) is 1. The summed E-state index contributed by atoms with van der Waals surface area (Å²) >= 11 is 0. The van der Waals surface area contributed by atoms with E-state index in [1.165, 1.54) is 0 Å². The summed E-state index contributed by atoms with van der Waals surface area (Å²) < 4.78 is 5.79. The molecule has 0 bridgehead atoms. The monoisotopic (exact) mass is 187 g/mol. The molecular formula is C11H23O2. The second kappa shape index (κ2) is 4.43.